The third-order valence-corrected chi connectivity index (χ3v) is 38.4. The molecule has 0 unspecified atom stereocenters. The van der Waals surface area contributed by atoms with Crippen molar-refractivity contribution >= 4 is 211 Å². The number of hydrogen-bond donors (Lipinski definition) is 0. The number of fused-ring (bicyclic) bond motifs is 23. The minimum Gasteiger partial charge on any atom is -0.458 e. The van der Waals surface area contributed by atoms with Gasteiger partial charge in [-0.1, -0.05) is 352 Å². The number of aromatic nitrogens is 10. The molecule has 142 heavy (non-hydrogen) atoms. The van der Waals surface area contributed by atoms with Gasteiger partial charge < -0.3 is 36.3 Å². The summed E-state index contributed by atoms with van der Waals surface area (Å²) in [6.45, 7) is 0. The van der Waals surface area contributed by atoms with Gasteiger partial charge in [0.1, 0.15) is 39.2 Å². The molecule has 29 aromatic rings. The van der Waals surface area contributed by atoms with Crippen molar-refractivity contribution in [2.75, 3.05) is 0 Å². The topological polar surface area (TPSA) is 146 Å². The molecule has 0 atom stereocenters. The van der Waals surface area contributed by atoms with Gasteiger partial charge in [0.2, 0.25) is 17.1 Å². The van der Waals surface area contributed by atoms with Crippen molar-refractivity contribution in [1.82, 2.24) is 48.2 Å². The van der Waals surface area contributed by atoms with Crippen LogP contribution >= 0.6 is 0 Å². The van der Waals surface area contributed by atoms with E-state index in [0.717, 1.165) is 150 Å². The average Bonchev–Trinajstić information content (AvgIpc) is 1.09. The molecule has 0 bridgehead atoms. The number of nitrogens with zero attached hydrogens (tertiary/aromatic N) is 10. The number of ether oxygens (including phenoxy) is 1. The van der Waals surface area contributed by atoms with E-state index in [1.165, 1.54) is 84.6 Å². The molecule has 0 aliphatic carbocycles. The third-order valence-electron chi connectivity index (χ3n) is 28.8. The summed E-state index contributed by atoms with van der Waals surface area (Å²) in [5.41, 5.74) is 23.4. The van der Waals surface area contributed by atoms with Crippen LogP contribution in [0.15, 0.2) is 499 Å². The molecule has 0 fully saturated rings. The van der Waals surface area contributed by atoms with Gasteiger partial charge in [0, 0.05) is 108 Å². The highest BCUT2D eigenvalue weighted by atomic mass is 28.3. The Balaban J connectivity index is 0.000000105. The number of benzene rings is 19. The number of hydrogen-bond acceptors (Lipinski definition) is 10. The molecule has 0 spiro atoms. The van der Waals surface area contributed by atoms with Gasteiger partial charge in [-0.2, -0.15) is 0 Å². The van der Waals surface area contributed by atoms with Gasteiger partial charge in [0.15, 0.2) is 21.7 Å². The SMILES string of the molecule is c1ccc([Si](c2ccccc2)(c2ccccc2)c2ccc(-c3cc(-n4c5ccccc5c5ccccc54)cc4c3oc3nccnc34)cc2)cc1.c1ccc([Si]2(c3ccccc3)c3ccccc3Oc3cc(-c4cc(-n5c6ccccc6c6ccccc65)cc5c4oc4nccnc45)ccc32)cc1.c1ccc2c(c1)c1ccccc1n2-c1cc(-n2c3ccccc3c3ccccc32)c2oc3nccnc3c2c1. The second-order valence-corrected chi connectivity index (χ2v) is 43.8. The highest BCUT2D eigenvalue weighted by Crippen LogP contribution is 2.47. The van der Waals surface area contributed by atoms with Crippen molar-refractivity contribution in [2.45, 2.75) is 0 Å². The van der Waals surface area contributed by atoms with E-state index in [1.807, 2.05) is 0 Å². The van der Waals surface area contributed by atoms with Gasteiger partial charge in [-0.05, 0) is 150 Å². The van der Waals surface area contributed by atoms with Crippen LogP contribution in [-0.4, -0.2) is 64.3 Å². The van der Waals surface area contributed by atoms with Crippen LogP contribution in [0.1, 0.15) is 0 Å². The van der Waals surface area contributed by atoms with E-state index in [9.17, 15) is 0 Å². The molecule has 0 radical (unpaired) electrons. The number of furan rings is 3. The fraction of sp³-hybridized carbons (Fsp3) is 0. The molecule has 1 aliphatic rings. The Morgan fingerprint density at radius 3 is 0.887 bits per heavy atom. The summed E-state index contributed by atoms with van der Waals surface area (Å²) in [4.78, 5) is 27.8. The predicted molar refractivity (Wildman–Crippen MR) is 583 cm³/mol. The maximum absolute atomic E-state index is 6.90. The van der Waals surface area contributed by atoms with Crippen LogP contribution in [0.4, 0.5) is 0 Å². The second kappa shape index (κ2) is 33.0. The van der Waals surface area contributed by atoms with E-state index >= 15 is 0 Å². The first kappa shape index (κ1) is 81.6. The first-order valence-corrected chi connectivity index (χ1v) is 51.7. The van der Waals surface area contributed by atoms with Crippen LogP contribution in [0.5, 0.6) is 11.5 Å². The Morgan fingerprint density at radius 2 is 0.500 bits per heavy atom. The van der Waals surface area contributed by atoms with E-state index in [4.69, 9.17) is 28.0 Å². The van der Waals surface area contributed by atoms with Crippen LogP contribution in [0.3, 0.4) is 0 Å². The normalized spacial score (nSPS) is 12.5. The van der Waals surface area contributed by atoms with Gasteiger partial charge in [-0.3, -0.25) is 0 Å². The Morgan fingerprint density at radius 1 is 0.211 bits per heavy atom. The Labute approximate surface area is 814 Å². The van der Waals surface area contributed by atoms with Crippen LogP contribution < -0.4 is 46.2 Å². The van der Waals surface area contributed by atoms with E-state index in [1.54, 1.807) is 37.2 Å². The molecular formula is C126H80N10O4Si2. The smallest absolute Gasteiger partial charge is 0.246 e. The summed E-state index contributed by atoms with van der Waals surface area (Å²) in [6.07, 6.45) is 10.2. The lowest BCUT2D eigenvalue weighted by Gasteiger charge is -2.39. The summed E-state index contributed by atoms with van der Waals surface area (Å²) in [5, 5.41) is 23.0. The van der Waals surface area contributed by atoms with Crippen molar-refractivity contribution in [3.05, 3.63) is 486 Å². The molecule has 0 N–H and O–H groups in total. The van der Waals surface area contributed by atoms with Crippen molar-refractivity contribution in [3.63, 3.8) is 0 Å². The molecule has 30 rings (SSSR count). The standard InChI is InChI=1S/C46H29N3O2Si.C46H31N3OSi.C34H20N4O/c1-3-13-32(14-4-1)52(33-15-5-2-6-16-33)42-22-12-11-21-40(42)50-41-27-30(23-24-43(41)52)36-28-31(29-37-44-46(51-45(36)37)48-26-25-47-44)49-38-19-9-7-17-34(38)35-18-8-10-20-39(35)49;1-4-14-34(15-5-1)51(35-16-6-2-7-17-35,36-18-8-3-9-19-36)37-26-24-32(25-27-37)40-30-33(31-41-44-46(50-45(40)41)48-29-28-47-44)49-42-22-12-10-20-38(42)39-21-11-13-23-43(39)49;1-5-13-27-22(9-1)23-10-2-6-14-28(23)37(27)21-19-26-32-34(36-18-17-35-32)39-33(26)31(20-21)38-29-15-7-3-11-24(29)25-12-4-8-16-30(25)38/h1-29H;1-31H;1-20H. The quantitative estimate of drug-likeness (QED) is 0.0856. The Bertz CT molecular complexity index is 9730. The highest BCUT2D eigenvalue weighted by molar-refractivity contribution is 7.21. The minimum absolute atomic E-state index is 0.515. The maximum Gasteiger partial charge on any atom is 0.246 e. The molecule has 0 saturated heterocycles. The highest BCUT2D eigenvalue weighted by Gasteiger charge is 2.48. The van der Waals surface area contributed by atoms with Gasteiger partial charge in [-0.25, -0.2) is 29.9 Å². The predicted octanol–water partition coefficient (Wildman–Crippen LogP) is 25.7. The van der Waals surface area contributed by atoms with Gasteiger partial charge in [0.25, 0.3) is 0 Å². The Hall–Kier alpha value is -18.7. The van der Waals surface area contributed by atoms with Crippen molar-refractivity contribution < 1.29 is 18.0 Å². The lowest BCUT2D eigenvalue weighted by Crippen LogP contribution is -2.76. The molecule has 0 amide bonds. The zero-order valence-corrected chi connectivity index (χ0v) is 78.3. The third kappa shape index (κ3) is 12.7. The summed E-state index contributed by atoms with van der Waals surface area (Å²) in [6, 6.07) is 162. The Kier molecular flexibility index (Phi) is 19.0. The van der Waals surface area contributed by atoms with Gasteiger partial charge >= 0.3 is 0 Å². The summed E-state index contributed by atoms with van der Waals surface area (Å²) >= 11 is 0. The van der Waals surface area contributed by atoms with E-state index in [0.29, 0.717) is 17.1 Å². The van der Waals surface area contributed by atoms with E-state index < -0.39 is 16.1 Å². The fourth-order valence-electron chi connectivity index (χ4n) is 22.8. The largest absolute Gasteiger partial charge is 0.458 e. The molecule has 666 valence electrons. The summed E-state index contributed by atoms with van der Waals surface area (Å²) in [7, 11) is -5.44. The first-order valence-electron chi connectivity index (χ1n) is 47.7. The fourth-order valence-corrected chi connectivity index (χ4v) is 32.5. The monoisotopic (exact) mass is 1850 g/mol. The lowest BCUT2D eigenvalue weighted by atomic mass is 10.0. The van der Waals surface area contributed by atoms with Crippen molar-refractivity contribution in [2.24, 2.45) is 0 Å². The summed E-state index contributed by atoms with van der Waals surface area (Å²) in [5.74, 6) is 1.76. The average molecular weight is 1850 g/mol. The van der Waals surface area contributed by atoms with Crippen LogP contribution in [0.2, 0.25) is 0 Å². The number of rotatable bonds is 12. The molecular weight excluding hydrogens is 1770 g/mol. The van der Waals surface area contributed by atoms with Gasteiger partial charge in [0.05, 0.1) is 66.0 Å². The van der Waals surface area contributed by atoms with Crippen LogP contribution in [-0.2, 0) is 0 Å². The van der Waals surface area contributed by atoms with Crippen LogP contribution in [0, 0.1) is 0 Å². The minimum atomic E-state index is -2.77. The number of para-hydroxylation sites is 9. The summed E-state index contributed by atoms with van der Waals surface area (Å²) < 4.78 is 35.8. The first-order chi connectivity index (χ1) is 70.5. The zero-order valence-electron chi connectivity index (χ0n) is 76.3. The molecule has 10 aromatic heterocycles. The molecule has 1 aliphatic heterocycles. The second-order valence-electron chi connectivity index (χ2n) is 36.2. The van der Waals surface area contributed by atoms with Crippen molar-refractivity contribution in [1.29, 1.82) is 0 Å². The molecule has 16 heteroatoms. The van der Waals surface area contributed by atoms with E-state index in [-0.39, 0.29) is 0 Å². The van der Waals surface area contributed by atoms with Crippen molar-refractivity contribution in [3.8, 4) is 56.5 Å². The molecule has 14 nitrogen and oxygen atoms in total. The lowest BCUT2D eigenvalue weighted by molar-refractivity contribution is 0.487. The van der Waals surface area contributed by atoms with E-state index in [2.05, 4.69) is 487 Å². The molecule has 11 heterocycles. The van der Waals surface area contributed by atoms with Gasteiger partial charge in [-0.15, -0.1) is 0 Å². The zero-order chi connectivity index (χ0) is 93.5. The molecule has 19 aromatic carbocycles. The van der Waals surface area contributed by atoms with Crippen LogP contribution in [0.25, 0.3) is 199 Å². The maximum atomic E-state index is 6.90. The molecule has 0 saturated carbocycles.